The maximum absolute atomic E-state index is 14.4. The molecule has 7 nitrogen and oxygen atoms in total. The summed E-state index contributed by atoms with van der Waals surface area (Å²) >= 11 is 9.83. The Hall–Kier alpha value is -2.85. The van der Waals surface area contributed by atoms with Crippen molar-refractivity contribution in [2.24, 2.45) is 0 Å². The van der Waals surface area contributed by atoms with Crippen molar-refractivity contribution in [3.05, 3.63) is 96.3 Å². The molecule has 202 valence electrons. The molecule has 0 unspecified atom stereocenters. The van der Waals surface area contributed by atoms with E-state index in [2.05, 4.69) is 52.5 Å². The molecule has 0 N–H and O–H groups in total. The van der Waals surface area contributed by atoms with Crippen molar-refractivity contribution in [1.29, 1.82) is 0 Å². The fourth-order valence-corrected chi connectivity index (χ4v) is 6.69. The molecule has 0 aliphatic rings. The fourth-order valence-electron chi connectivity index (χ4n) is 3.48. The van der Waals surface area contributed by atoms with E-state index in [9.17, 15) is 40.1 Å². The van der Waals surface area contributed by atoms with Gasteiger partial charge in [-0.3, -0.25) is 0 Å². The zero-order chi connectivity index (χ0) is 28.8. The fraction of sp³-hybridized carbons (Fsp3) is 0. The van der Waals surface area contributed by atoms with Crippen LogP contribution in [0.2, 0.25) is 0 Å². The summed E-state index contributed by atoms with van der Waals surface area (Å²) in [4.78, 5) is 23.3. The summed E-state index contributed by atoms with van der Waals surface area (Å²) in [6.07, 6.45) is 0. The molecule has 4 aromatic rings. The lowest BCUT2D eigenvalue weighted by atomic mass is 10.0. The molecule has 0 aromatic heterocycles. The van der Waals surface area contributed by atoms with E-state index >= 15 is 0 Å². The first-order valence-electron chi connectivity index (χ1n) is 10.1. The number of rotatable bonds is 5. The Labute approximate surface area is 241 Å². The van der Waals surface area contributed by atoms with Gasteiger partial charge in [0.1, 0.15) is 20.8 Å². The molecule has 0 aliphatic heterocycles. The summed E-state index contributed by atoms with van der Waals surface area (Å²) in [5, 5.41) is 0.234. The highest BCUT2D eigenvalue weighted by Crippen LogP contribution is 2.35. The van der Waals surface area contributed by atoms with E-state index in [-0.39, 0.29) is 27.6 Å². The van der Waals surface area contributed by atoms with Crippen LogP contribution >= 0.6 is 47.8 Å². The molecule has 39 heavy (non-hydrogen) atoms. The predicted octanol–water partition coefficient (Wildman–Crippen LogP) is 7.03. The summed E-state index contributed by atoms with van der Waals surface area (Å²) in [5.74, 6) is -14.1. The minimum absolute atomic E-state index is 0.0201. The van der Waals surface area contributed by atoms with Gasteiger partial charge in [0.2, 0.25) is 17.4 Å². The highest BCUT2D eigenvalue weighted by atomic mass is 79.9. The van der Waals surface area contributed by atoms with Crippen molar-refractivity contribution in [1.82, 2.24) is 0 Å². The van der Waals surface area contributed by atoms with Gasteiger partial charge < -0.3 is 14.0 Å². The van der Waals surface area contributed by atoms with Gasteiger partial charge >= 0.3 is 11.9 Å². The van der Waals surface area contributed by atoms with Crippen LogP contribution in [0.5, 0.6) is 11.5 Å². The van der Waals surface area contributed by atoms with Crippen LogP contribution in [0.25, 0.3) is 10.8 Å². The lowest BCUT2D eigenvalue weighted by Gasteiger charge is -2.15. The van der Waals surface area contributed by atoms with Crippen molar-refractivity contribution >= 4 is 80.6 Å². The first kappa shape index (κ1) is 29.1. The number of hydrogen-bond acceptors (Lipinski definition) is 7. The molecule has 0 saturated heterocycles. The molecular formula is C24H8Br3F4O7S-. The molecule has 0 fully saturated rings. The van der Waals surface area contributed by atoms with Gasteiger partial charge in [0.15, 0.2) is 11.6 Å². The zero-order valence-corrected chi connectivity index (χ0v) is 24.1. The summed E-state index contributed by atoms with van der Waals surface area (Å²) in [6, 6.07) is 11.3. The van der Waals surface area contributed by atoms with E-state index in [1.807, 2.05) is 0 Å². The van der Waals surface area contributed by atoms with Crippen molar-refractivity contribution in [2.75, 3.05) is 0 Å². The second-order valence-electron chi connectivity index (χ2n) is 7.55. The normalized spacial score (nSPS) is 11.5. The molecule has 4 rings (SSSR count). The maximum Gasteiger partial charge on any atom is 0.345 e. The van der Waals surface area contributed by atoms with Crippen LogP contribution < -0.4 is 9.47 Å². The van der Waals surface area contributed by atoms with Gasteiger partial charge in [-0.05, 0) is 61.5 Å². The van der Waals surface area contributed by atoms with Crippen molar-refractivity contribution in [3.63, 3.8) is 0 Å². The summed E-state index contributed by atoms with van der Waals surface area (Å²) < 4.78 is 101. The molecule has 4 aromatic carbocycles. The van der Waals surface area contributed by atoms with Crippen LogP contribution in [-0.4, -0.2) is 24.9 Å². The van der Waals surface area contributed by atoms with Gasteiger partial charge in [0.05, 0.1) is 11.1 Å². The molecular weight excluding hydrogens is 748 g/mol. The highest BCUT2D eigenvalue weighted by Gasteiger charge is 2.32. The first-order valence-corrected chi connectivity index (χ1v) is 13.9. The SMILES string of the molecule is O=C(Oc1cccc2c(C(=O)Oc3c(F)c(F)c(S(=O)(=O)[O-])c(F)c3F)cccc12)c1c(Br)cc(Br)cc1Br. The molecule has 15 heteroatoms. The van der Waals surface area contributed by atoms with E-state index in [1.165, 1.54) is 30.3 Å². The van der Waals surface area contributed by atoms with Crippen molar-refractivity contribution in [2.45, 2.75) is 4.90 Å². The second kappa shape index (κ2) is 11.0. The molecule has 0 atom stereocenters. The molecule has 0 amide bonds. The van der Waals surface area contributed by atoms with Crippen LogP contribution in [-0.2, 0) is 10.1 Å². The number of fused-ring (bicyclic) bond motifs is 1. The molecule has 0 aliphatic carbocycles. The topological polar surface area (TPSA) is 110 Å². The number of carbonyl (C=O) groups is 2. The van der Waals surface area contributed by atoms with Crippen LogP contribution in [0.3, 0.4) is 0 Å². The summed E-state index contributed by atoms with van der Waals surface area (Å²) in [7, 11) is -5.95. The predicted molar refractivity (Wildman–Crippen MR) is 138 cm³/mol. The van der Waals surface area contributed by atoms with Gasteiger partial charge in [0.25, 0.3) is 0 Å². The minimum Gasteiger partial charge on any atom is -0.744 e. The Morgan fingerprint density at radius 1 is 0.744 bits per heavy atom. The Morgan fingerprint density at radius 2 is 1.28 bits per heavy atom. The van der Waals surface area contributed by atoms with Gasteiger partial charge in [-0.1, -0.05) is 40.2 Å². The standard InChI is InChI=1S/C24H9Br3F4O7S/c25-9-7-13(26)16(14(27)8-9)24(33)37-15-6-2-3-10-11(15)4-1-5-12(10)23(32)38-21-17(28)19(30)22(39(34,35)36)20(31)18(21)29/h1-8H,(H,34,35,36)/p-1. The quantitative estimate of drug-likeness (QED) is 0.0708. The average Bonchev–Trinajstić information content (AvgIpc) is 2.83. The molecule has 0 bridgehead atoms. The van der Waals surface area contributed by atoms with Crippen LogP contribution in [0, 0.1) is 23.3 Å². The first-order chi connectivity index (χ1) is 18.2. The number of benzene rings is 4. The van der Waals surface area contributed by atoms with E-state index < -0.39 is 56.0 Å². The number of halogens is 7. The lowest BCUT2D eigenvalue weighted by molar-refractivity contribution is 0.0715. The molecule has 0 radical (unpaired) electrons. The molecule has 0 saturated carbocycles. The lowest BCUT2D eigenvalue weighted by Crippen LogP contribution is -2.16. The van der Waals surface area contributed by atoms with Crippen molar-refractivity contribution < 1.29 is 49.6 Å². The third-order valence-electron chi connectivity index (χ3n) is 5.14. The number of carbonyl (C=O) groups excluding carboxylic acids is 2. The molecule has 0 heterocycles. The second-order valence-corrected chi connectivity index (χ2v) is 11.5. The Kier molecular flexibility index (Phi) is 8.19. The van der Waals surface area contributed by atoms with Gasteiger partial charge in [-0.2, -0.15) is 8.78 Å². The Bertz CT molecular complexity index is 1760. The Morgan fingerprint density at radius 3 is 1.85 bits per heavy atom. The smallest absolute Gasteiger partial charge is 0.345 e. The summed E-state index contributed by atoms with van der Waals surface area (Å²) in [6.45, 7) is 0. The van der Waals surface area contributed by atoms with Crippen LogP contribution in [0.1, 0.15) is 20.7 Å². The number of esters is 2. The Balaban J connectivity index is 1.73. The number of hydrogen-bond donors (Lipinski definition) is 0. The van der Waals surface area contributed by atoms with E-state index in [0.717, 1.165) is 6.07 Å². The van der Waals surface area contributed by atoms with Gasteiger partial charge in [0, 0.05) is 18.8 Å². The van der Waals surface area contributed by atoms with Crippen LogP contribution in [0.4, 0.5) is 17.6 Å². The maximum atomic E-state index is 14.4. The third-order valence-corrected chi connectivity index (χ3v) is 7.71. The van der Waals surface area contributed by atoms with Gasteiger partial charge in [-0.15, -0.1) is 0 Å². The highest BCUT2D eigenvalue weighted by molar-refractivity contribution is 9.11. The average molecular weight is 756 g/mol. The van der Waals surface area contributed by atoms with E-state index in [1.54, 1.807) is 12.1 Å². The van der Waals surface area contributed by atoms with E-state index in [0.29, 0.717) is 13.4 Å². The third kappa shape index (κ3) is 5.59. The van der Waals surface area contributed by atoms with Crippen molar-refractivity contribution in [3.8, 4) is 11.5 Å². The van der Waals surface area contributed by atoms with Gasteiger partial charge in [-0.25, -0.2) is 26.8 Å². The van der Waals surface area contributed by atoms with Crippen LogP contribution in [0.15, 0.2) is 66.8 Å². The molecule has 0 spiro atoms. The van der Waals surface area contributed by atoms with E-state index in [4.69, 9.17) is 4.74 Å². The number of ether oxygens (including phenoxy) is 2. The summed E-state index contributed by atoms with van der Waals surface area (Å²) in [5.41, 5.74) is -0.221. The monoisotopic (exact) mass is 753 g/mol. The minimum atomic E-state index is -5.95. The zero-order valence-electron chi connectivity index (χ0n) is 18.5. The largest absolute Gasteiger partial charge is 0.744 e.